The fourth-order valence-electron chi connectivity index (χ4n) is 6.29. The zero-order valence-electron chi connectivity index (χ0n) is 21.4. The molecule has 2 fully saturated rings. The molecule has 1 aliphatic carbocycles. The molecule has 5 nitrogen and oxygen atoms in total. The summed E-state index contributed by atoms with van der Waals surface area (Å²) in [4.78, 5) is 15.5. The average Bonchev–Trinajstić information content (AvgIpc) is 2.81. The number of anilines is 1. The van der Waals surface area contributed by atoms with Gasteiger partial charge in [-0.2, -0.15) is 5.26 Å². The Hall–Kier alpha value is -3.00. The molecular formula is C29H37N3O2. The first kappa shape index (κ1) is 24.1. The van der Waals surface area contributed by atoms with Crippen molar-refractivity contribution in [2.24, 2.45) is 10.8 Å². The molecule has 34 heavy (non-hydrogen) atoms. The quantitative estimate of drug-likeness (QED) is 0.616. The number of nitriles is 1. The fourth-order valence-corrected chi connectivity index (χ4v) is 6.29. The zero-order valence-corrected chi connectivity index (χ0v) is 21.4. The number of rotatable bonds is 5. The minimum absolute atomic E-state index is 0.0279. The van der Waals surface area contributed by atoms with E-state index in [9.17, 15) is 10.1 Å². The third-order valence-electron chi connectivity index (χ3n) is 7.84. The van der Waals surface area contributed by atoms with Crippen LogP contribution in [0.2, 0.25) is 0 Å². The van der Waals surface area contributed by atoms with Gasteiger partial charge in [-0.25, -0.2) is 0 Å². The number of aryl methyl sites for hydroxylation is 2. The second-order valence-corrected chi connectivity index (χ2v) is 11.2. The maximum Gasteiger partial charge on any atom is 0.251 e. The number of piperidine rings is 1. The monoisotopic (exact) mass is 459 g/mol. The molecule has 1 aliphatic heterocycles. The summed E-state index contributed by atoms with van der Waals surface area (Å²) in [5.74, 6) is 0.734. The highest BCUT2D eigenvalue weighted by Crippen LogP contribution is 2.55. The Morgan fingerprint density at radius 1 is 1.00 bits per heavy atom. The van der Waals surface area contributed by atoms with Crippen molar-refractivity contribution in [3.63, 3.8) is 0 Å². The lowest BCUT2D eigenvalue weighted by atomic mass is 9.49. The molecule has 1 heterocycles. The van der Waals surface area contributed by atoms with Gasteiger partial charge in [0, 0.05) is 41.2 Å². The molecule has 0 aromatic heterocycles. The normalized spacial score (nSPS) is 22.9. The molecule has 5 heteroatoms. The summed E-state index contributed by atoms with van der Waals surface area (Å²) in [7, 11) is 0. The number of ether oxygens (including phenoxy) is 1. The van der Waals surface area contributed by atoms with Crippen LogP contribution in [-0.4, -0.2) is 31.1 Å². The van der Waals surface area contributed by atoms with E-state index in [2.05, 4.69) is 56.1 Å². The highest BCUT2D eigenvalue weighted by molar-refractivity contribution is 5.95. The molecule has 4 rings (SSSR count). The van der Waals surface area contributed by atoms with Crippen LogP contribution in [0.15, 0.2) is 36.4 Å². The second-order valence-electron chi connectivity index (χ2n) is 11.2. The Balaban J connectivity index is 1.45. The van der Waals surface area contributed by atoms with Crippen molar-refractivity contribution in [3.8, 4) is 11.8 Å². The third kappa shape index (κ3) is 4.27. The van der Waals surface area contributed by atoms with E-state index >= 15 is 0 Å². The number of carbonyl (C=O) groups excluding carboxylic acids is 1. The molecule has 0 unspecified atom stereocenters. The number of benzene rings is 2. The number of hydrogen-bond acceptors (Lipinski definition) is 4. The van der Waals surface area contributed by atoms with Gasteiger partial charge in [-0.05, 0) is 80.6 Å². The van der Waals surface area contributed by atoms with Crippen LogP contribution in [0.1, 0.15) is 74.0 Å². The lowest BCUT2D eigenvalue weighted by molar-refractivity contribution is -0.164. The first-order valence-electron chi connectivity index (χ1n) is 12.4. The first-order valence-corrected chi connectivity index (χ1v) is 12.4. The molecule has 180 valence electrons. The average molecular weight is 460 g/mol. The van der Waals surface area contributed by atoms with Crippen molar-refractivity contribution >= 4 is 11.6 Å². The van der Waals surface area contributed by atoms with Crippen LogP contribution in [0.3, 0.4) is 0 Å². The highest BCUT2D eigenvalue weighted by Gasteiger charge is 2.64. The van der Waals surface area contributed by atoms with Gasteiger partial charge in [0.05, 0.1) is 11.6 Å². The maximum atomic E-state index is 13.1. The summed E-state index contributed by atoms with van der Waals surface area (Å²) in [5, 5.41) is 12.6. The third-order valence-corrected chi connectivity index (χ3v) is 7.84. The van der Waals surface area contributed by atoms with E-state index in [0.29, 0.717) is 11.1 Å². The summed E-state index contributed by atoms with van der Waals surface area (Å²) in [6.07, 6.45) is 3.70. The largest absolute Gasteiger partial charge is 0.489 e. The molecule has 1 N–H and O–H groups in total. The second kappa shape index (κ2) is 8.98. The molecule has 0 spiro atoms. The molecule has 2 aromatic carbocycles. The van der Waals surface area contributed by atoms with Crippen LogP contribution in [0.4, 0.5) is 5.69 Å². The van der Waals surface area contributed by atoms with Crippen molar-refractivity contribution in [1.29, 1.82) is 5.26 Å². The van der Waals surface area contributed by atoms with Gasteiger partial charge in [0.1, 0.15) is 11.9 Å². The first-order chi connectivity index (χ1) is 16.1. The van der Waals surface area contributed by atoms with E-state index in [1.54, 1.807) is 0 Å². The molecule has 0 atom stereocenters. The zero-order chi connectivity index (χ0) is 24.7. The summed E-state index contributed by atoms with van der Waals surface area (Å²) in [6.45, 7) is 14.7. The Labute approximate surface area is 204 Å². The Morgan fingerprint density at radius 3 is 2.09 bits per heavy atom. The Morgan fingerprint density at radius 2 is 1.56 bits per heavy atom. The van der Waals surface area contributed by atoms with Crippen LogP contribution in [0, 0.1) is 36.0 Å². The Bertz CT molecular complexity index is 1070. The number of carbonyl (C=O) groups is 1. The smallest absolute Gasteiger partial charge is 0.251 e. The number of nitrogens with zero attached hydrogens (tertiary/aromatic N) is 2. The van der Waals surface area contributed by atoms with Crippen molar-refractivity contribution in [2.75, 3.05) is 18.0 Å². The van der Waals surface area contributed by atoms with Gasteiger partial charge < -0.3 is 15.0 Å². The van der Waals surface area contributed by atoms with Crippen molar-refractivity contribution in [2.45, 2.75) is 73.0 Å². The van der Waals surface area contributed by atoms with E-state index in [4.69, 9.17) is 4.74 Å². The van der Waals surface area contributed by atoms with Gasteiger partial charge in [-0.3, -0.25) is 4.79 Å². The van der Waals surface area contributed by atoms with Crippen LogP contribution >= 0.6 is 0 Å². The van der Waals surface area contributed by atoms with Gasteiger partial charge in [0.15, 0.2) is 0 Å². The van der Waals surface area contributed by atoms with Gasteiger partial charge in [-0.1, -0.05) is 27.7 Å². The van der Waals surface area contributed by atoms with E-state index < -0.39 is 0 Å². The number of hydrogen-bond donors (Lipinski definition) is 1. The Kier molecular flexibility index (Phi) is 6.38. The molecule has 2 aliphatic rings. The van der Waals surface area contributed by atoms with Crippen LogP contribution < -0.4 is 15.0 Å². The van der Waals surface area contributed by atoms with E-state index in [-0.39, 0.29) is 28.9 Å². The van der Waals surface area contributed by atoms with Crippen LogP contribution in [0.5, 0.6) is 5.75 Å². The van der Waals surface area contributed by atoms with E-state index in [1.165, 1.54) is 24.9 Å². The van der Waals surface area contributed by atoms with E-state index in [0.717, 1.165) is 30.0 Å². The molecule has 1 saturated carbocycles. The van der Waals surface area contributed by atoms with Gasteiger partial charge >= 0.3 is 0 Å². The summed E-state index contributed by atoms with van der Waals surface area (Å²) in [6, 6.07) is 14.1. The molecule has 0 radical (unpaired) electrons. The molecule has 0 bridgehead atoms. The lowest BCUT2D eigenvalue weighted by Crippen LogP contribution is -2.74. The topological polar surface area (TPSA) is 65.4 Å². The molecule has 1 saturated heterocycles. The SMILES string of the molecule is Cc1cc(OC2C(C)(C)C(NC(=O)c3ccc(N4CCCCC4)cc3)C2(C)C)cc(C)c1C#N. The summed E-state index contributed by atoms with van der Waals surface area (Å²) >= 11 is 0. The molecule has 2 aromatic rings. The van der Waals surface area contributed by atoms with Crippen LogP contribution in [0.25, 0.3) is 0 Å². The minimum Gasteiger partial charge on any atom is -0.489 e. The summed E-state index contributed by atoms with van der Waals surface area (Å²) in [5.41, 5.74) is 3.94. The predicted octanol–water partition coefficient (Wildman–Crippen LogP) is 5.78. The highest BCUT2D eigenvalue weighted by atomic mass is 16.5. The molecular weight excluding hydrogens is 422 g/mol. The number of nitrogens with one attached hydrogen (secondary N) is 1. The van der Waals surface area contributed by atoms with Gasteiger partial charge in [-0.15, -0.1) is 0 Å². The minimum atomic E-state index is -0.247. The standard InChI is InChI=1S/C29H37N3O2/c1-19-16-23(17-20(2)24(19)18-30)34-27-28(3,4)26(29(27,5)6)31-25(33)21-10-12-22(13-11-21)32-14-8-7-9-15-32/h10-13,16-17,26-27H,7-9,14-15H2,1-6H3,(H,31,33). The fraction of sp³-hybridized carbons (Fsp3) is 0.517. The number of amides is 1. The van der Waals surface area contributed by atoms with Gasteiger partial charge in [0.2, 0.25) is 0 Å². The van der Waals surface area contributed by atoms with Crippen LogP contribution in [-0.2, 0) is 0 Å². The predicted molar refractivity (Wildman–Crippen MR) is 136 cm³/mol. The lowest BCUT2D eigenvalue weighted by Gasteiger charge is -2.63. The molecule has 1 amide bonds. The maximum absolute atomic E-state index is 13.1. The van der Waals surface area contributed by atoms with Crippen molar-refractivity contribution in [1.82, 2.24) is 5.32 Å². The van der Waals surface area contributed by atoms with Crippen molar-refractivity contribution in [3.05, 3.63) is 58.7 Å². The van der Waals surface area contributed by atoms with Gasteiger partial charge in [0.25, 0.3) is 5.91 Å². The van der Waals surface area contributed by atoms with Crippen molar-refractivity contribution < 1.29 is 9.53 Å². The van der Waals surface area contributed by atoms with E-state index in [1.807, 2.05) is 38.1 Å². The summed E-state index contributed by atoms with van der Waals surface area (Å²) < 4.78 is 6.48.